The lowest BCUT2D eigenvalue weighted by atomic mass is 9.94. The van der Waals surface area contributed by atoms with Crippen LogP contribution >= 0.6 is 0 Å². The Kier molecular flexibility index (Phi) is 6.07. The van der Waals surface area contributed by atoms with Gasteiger partial charge in [-0.3, -0.25) is 4.79 Å². The van der Waals surface area contributed by atoms with Gasteiger partial charge in [-0.15, -0.1) is 0 Å². The van der Waals surface area contributed by atoms with E-state index in [1.807, 2.05) is 18.3 Å². The highest BCUT2D eigenvalue weighted by molar-refractivity contribution is 5.79. The highest BCUT2D eigenvalue weighted by Gasteiger charge is 2.28. The molecule has 1 unspecified atom stereocenters. The number of aromatic nitrogens is 1. The molecule has 0 bridgehead atoms. The highest BCUT2D eigenvalue weighted by atomic mass is 16.5. The first-order valence-electron chi connectivity index (χ1n) is 9.30. The first-order chi connectivity index (χ1) is 11.8. The number of pyridine rings is 1. The summed E-state index contributed by atoms with van der Waals surface area (Å²) in [6.45, 7) is 7.25. The smallest absolute Gasteiger partial charge is 0.228 e. The molecule has 2 saturated heterocycles. The third kappa shape index (κ3) is 4.26. The Bertz CT molecular complexity index is 509. The molecule has 5 nitrogen and oxygen atoms in total. The lowest BCUT2D eigenvalue weighted by Gasteiger charge is -2.36. The number of ether oxygens (including phenoxy) is 1. The van der Waals surface area contributed by atoms with Gasteiger partial charge in [-0.2, -0.15) is 0 Å². The molecule has 2 aliphatic rings. The van der Waals surface area contributed by atoms with Gasteiger partial charge < -0.3 is 14.5 Å². The predicted octanol–water partition coefficient (Wildman–Crippen LogP) is 2.57. The molecule has 24 heavy (non-hydrogen) atoms. The Morgan fingerprint density at radius 2 is 2.17 bits per heavy atom. The molecule has 2 fully saturated rings. The maximum Gasteiger partial charge on any atom is 0.228 e. The fourth-order valence-electron chi connectivity index (χ4n) is 3.77. The van der Waals surface area contributed by atoms with Crippen molar-refractivity contribution in [3.05, 3.63) is 24.4 Å². The zero-order valence-corrected chi connectivity index (χ0v) is 14.7. The van der Waals surface area contributed by atoms with Gasteiger partial charge in [0, 0.05) is 39.0 Å². The summed E-state index contributed by atoms with van der Waals surface area (Å²) >= 11 is 0. The van der Waals surface area contributed by atoms with Gasteiger partial charge in [0.15, 0.2) is 0 Å². The van der Waals surface area contributed by atoms with Gasteiger partial charge in [0.1, 0.15) is 5.82 Å². The molecule has 132 valence electrons. The monoisotopic (exact) mass is 331 g/mol. The topological polar surface area (TPSA) is 45.7 Å². The lowest BCUT2D eigenvalue weighted by Crippen LogP contribution is -2.44. The van der Waals surface area contributed by atoms with Gasteiger partial charge >= 0.3 is 0 Å². The number of carbonyl (C=O) groups is 1. The molecule has 1 aromatic rings. The fourth-order valence-corrected chi connectivity index (χ4v) is 3.77. The second-order valence-electron chi connectivity index (χ2n) is 6.91. The molecule has 3 rings (SSSR count). The molecule has 0 spiro atoms. The van der Waals surface area contributed by atoms with Gasteiger partial charge in [0.05, 0.1) is 12.5 Å². The van der Waals surface area contributed by atoms with Crippen molar-refractivity contribution in [1.82, 2.24) is 9.88 Å². The molecule has 1 atom stereocenters. The number of nitrogens with zero attached hydrogens (tertiary/aromatic N) is 3. The average molecular weight is 331 g/mol. The van der Waals surface area contributed by atoms with E-state index in [0.717, 1.165) is 64.3 Å². The van der Waals surface area contributed by atoms with Crippen LogP contribution < -0.4 is 4.90 Å². The number of hydrogen-bond acceptors (Lipinski definition) is 4. The average Bonchev–Trinajstić information content (AvgIpc) is 2.67. The molecule has 1 aromatic heterocycles. The third-order valence-electron chi connectivity index (χ3n) is 5.27. The quantitative estimate of drug-likeness (QED) is 0.832. The number of amides is 1. The van der Waals surface area contributed by atoms with E-state index < -0.39 is 0 Å². The van der Waals surface area contributed by atoms with Crippen LogP contribution in [0, 0.1) is 11.8 Å². The van der Waals surface area contributed by atoms with Crippen LogP contribution in [-0.2, 0) is 9.53 Å². The van der Waals surface area contributed by atoms with Crippen molar-refractivity contribution < 1.29 is 9.53 Å². The Morgan fingerprint density at radius 1 is 1.33 bits per heavy atom. The predicted molar refractivity (Wildman–Crippen MR) is 95.0 cm³/mol. The molecule has 0 aromatic carbocycles. The van der Waals surface area contributed by atoms with Crippen LogP contribution in [0.15, 0.2) is 24.4 Å². The molecule has 0 N–H and O–H groups in total. The third-order valence-corrected chi connectivity index (χ3v) is 5.27. The lowest BCUT2D eigenvalue weighted by molar-refractivity contribution is -0.140. The first-order valence-corrected chi connectivity index (χ1v) is 9.30. The van der Waals surface area contributed by atoms with E-state index in [1.165, 1.54) is 0 Å². The normalized spacial score (nSPS) is 22.4. The van der Waals surface area contributed by atoms with E-state index in [4.69, 9.17) is 4.74 Å². The van der Waals surface area contributed by atoms with Crippen LogP contribution in [0.1, 0.15) is 32.6 Å². The highest BCUT2D eigenvalue weighted by Crippen LogP contribution is 2.24. The standard InChI is InChI=1S/C19H29N3O2/c1-2-21(19(23)17-6-5-13-24-15-17)14-16-8-11-22(12-9-16)18-7-3-4-10-20-18/h3-4,7,10,16-17H,2,5-6,8-9,11-15H2,1H3. The number of rotatable bonds is 5. The summed E-state index contributed by atoms with van der Waals surface area (Å²) < 4.78 is 5.49. The van der Waals surface area contributed by atoms with Crippen LogP contribution in [-0.4, -0.2) is 55.2 Å². The van der Waals surface area contributed by atoms with Crippen LogP contribution in [0.4, 0.5) is 5.82 Å². The van der Waals surface area contributed by atoms with Crippen molar-refractivity contribution in [1.29, 1.82) is 0 Å². The Balaban J connectivity index is 1.49. The van der Waals surface area contributed by atoms with E-state index in [9.17, 15) is 4.79 Å². The number of piperidine rings is 1. The molecular weight excluding hydrogens is 302 g/mol. The molecule has 0 saturated carbocycles. The van der Waals surface area contributed by atoms with E-state index in [0.29, 0.717) is 18.4 Å². The second kappa shape index (κ2) is 8.47. The van der Waals surface area contributed by atoms with Crippen molar-refractivity contribution in [3.8, 4) is 0 Å². The van der Waals surface area contributed by atoms with Crippen molar-refractivity contribution in [2.45, 2.75) is 32.6 Å². The van der Waals surface area contributed by atoms with Gasteiger partial charge in [-0.25, -0.2) is 4.98 Å². The zero-order valence-electron chi connectivity index (χ0n) is 14.7. The molecule has 3 heterocycles. The SMILES string of the molecule is CCN(CC1CCN(c2ccccn2)CC1)C(=O)C1CCCOC1. The summed E-state index contributed by atoms with van der Waals surface area (Å²) in [5.74, 6) is 2.04. The molecule has 2 aliphatic heterocycles. The summed E-state index contributed by atoms with van der Waals surface area (Å²) in [5, 5.41) is 0. The van der Waals surface area contributed by atoms with E-state index in [1.54, 1.807) is 0 Å². The van der Waals surface area contributed by atoms with E-state index in [-0.39, 0.29) is 5.92 Å². The van der Waals surface area contributed by atoms with Crippen LogP contribution in [0.25, 0.3) is 0 Å². The maximum atomic E-state index is 12.7. The zero-order chi connectivity index (χ0) is 16.8. The van der Waals surface area contributed by atoms with Gasteiger partial charge in [-0.1, -0.05) is 6.07 Å². The van der Waals surface area contributed by atoms with Crippen LogP contribution in [0.2, 0.25) is 0 Å². The summed E-state index contributed by atoms with van der Waals surface area (Å²) in [6.07, 6.45) is 6.10. The minimum atomic E-state index is 0.0762. The second-order valence-corrected chi connectivity index (χ2v) is 6.91. The van der Waals surface area contributed by atoms with Crippen molar-refractivity contribution in [2.75, 3.05) is 44.3 Å². The van der Waals surface area contributed by atoms with Crippen LogP contribution in [0.3, 0.4) is 0 Å². The van der Waals surface area contributed by atoms with Crippen molar-refractivity contribution >= 4 is 11.7 Å². The number of anilines is 1. The van der Waals surface area contributed by atoms with Crippen molar-refractivity contribution in [2.24, 2.45) is 11.8 Å². The molecule has 0 radical (unpaired) electrons. The van der Waals surface area contributed by atoms with E-state index >= 15 is 0 Å². The Labute approximate surface area is 145 Å². The van der Waals surface area contributed by atoms with Gasteiger partial charge in [0.2, 0.25) is 5.91 Å². The number of hydrogen-bond donors (Lipinski definition) is 0. The minimum Gasteiger partial charge on any atom is -0.381 e. The molecule has 5 heteroatoms. The molecule has 0 aliphatic carbocycles. The number of carbonyl (C=O) groups excluding carboxylic acids is 1. The first kappa shape index (κ1) is 17.2. The largest absolute Gasteiger partial charge is 0.381 e. The van der Waals surface area contributed by atoms with Crippen molar-refractivity contribution in [3.63, 3.8) is 0 Å². The Hall–Kier alpha value is -1.62. The fraction of sp³-hybridized carbons (Fsp3) is 0.684. The Morgan fingerprint density at radius 3 is 2.79 bits per heavy atom. The summed E-state index contributed by atoms with van der Waals surface area (Å²) in [7, 11) is 0. The maximum absolute atomic E-state index is 12.7. The summed E-state index contributed by atoms with van der Waals surface area (Å²) in [5.41, 5.74) is 0. The molecular formula is C19H29N3O2. The van der Waals surface area contributed by atoms with E-state index in [2.05, 4.69) is 27.8 Å². The summed E-state index contributed by atoms with van der Waals surface area (Å²) in [6, 6.07) is 6.07. The summed E-state index contributed by atoms with van der Waals surface area (Å²) in [4.78, 5) is 21.6. The van der Waals surface area contributed by atoms with Gasteiger partial charge in [0.25, 0.3) is 0 Å². The minimum absolute atomic E-state index is 0.0762. The van der Waals surface area contributed by atoms with Gasteiger partial charge in [-0.05, 0) is 50.7 Å². The van der Waals surface area contributed by atoms with Crippen LogP contribution in [0.5, 0.6) is 0 Å². The molecule has 1 amide bonds.